The summed E-state index contributed by atoms with van der Waals surface area (Å²) >= 11 is 6.01. The summed E-state index contributed by atoms with van der Waals surface area (Å²) in [6.45, 7) is -0.354. The lowest BCUT2D eigenvalue weighted by Crippen LogP contribution is -2.16. The average Bonchev–Trinajstić information content (AvgIpc) is 3.50. The fraction of sp³-hybridized carbons (Fsp3) is 0.200. The zero-order valence-corrected chi connectivity index (χ0v) is 18.3. The zero-order valence-electron chi connectivity index (χ0n) is 17.6. The number of hydrogen-bond donors (Lipinski definition) is 2. The van der Waals surface area contributed by atoms with E-state index in [1.165, 1.54) is 6.20 Å². The van der Waals surface area contributed by atoms with Crippen molar-refractivity contribution in [2.24, 2.45) is 11.7 Å². The molecule has 0 radical (unpaired) electrons. The van der Waals surface area contributed by atoms with Crippen LogP contribution in [0.3, 0.4) is 0 Å². The van der Waals surface area contributed by atoms with Crippen LogP contribution in [0, 0.1) is 5.92 Å². The SMILES string of the molecule is NC(=O)c1cc2cc(Cl)ccc2cc1OCC(=O)c1c[nH]c2cc([C@@H]3C[C@H]3C(F)(F)F)ccc12. The molecule has 1 heterocycles. The Hall–Kier alpha value is -3.52. The van der Waals surface area contributed by atoms with E-state index in [0.29, 0.717) is 32.4 Å². The van der Waals surface area contributed by atoms with Crippen LogP contribution in [0.4, 0.5) is 13.2 Å². The summed E-state index contributed by atoms with van der Waals surface area (Å²) in [7, 11) is 0. The number of carbonyl (C=O) groups is 2. The first-order chi connectivity index (χ1) is 16.1. The number of ether oxygens (including phenoxy) is 1. The number of amides is 1. The van der Waals surface area contributed by atoms with Crippen LogP contribution in [0.25, 0.3) is 21.7 Å². The molecule has 1 fully saturated rings. The van der Waals surface area contributed by atoms with Crippen LogP contribution in [-0.4, -0.2) is 29.5 Å². The van der Waals surface area contributed by atoms with E-state index >= 15 is 0 Å². The van der Waals surface area contributed by atoms with Crippen LogP contribution in [0.1, 0.15) is 38.6 Å². The molecule has 34 heavy (non-hydrogen) atoms. The van der Waals surface area contributed by atoms with Gasteiger partial charge in [0.2, 0.25) is 5.78 Å². The van der Waals surface area contributed by atoms with Crippen LogP contribution < -0.4 is 10.5 Å². The molecule has 1 aliphatic carbocycles. The van der Waals surface area contributed by atoms with E-state index in [9.17, 15) is 22.8 Å². The van der Waals surface area contributed by atoms with Gasteiger partial charge in [-0.05, 0) is 59.0 Å². The Kier molecular flexibility index (Phi) is 5.28. The van der Waals surface area contributed by atoms with E-state index in [0.717, 1.165) is 5.39 Å². The number of primary amides is 1. The molecule has 1 saturated carbocycles. The minimum Gasteiger partial charge on any atom is -0.485 e. The predicted molar refractivity (Wildman–Crippen MR) is 123 cm³/mol. The monoisotopic (exact) mass is 486 g/mol. The molecule has 2 atom stereocenters. The Morgan fingerprint density at radius 1 is 1.06 bits per heavy atom. The maximum absolute atomic E-state index is 12.9. The Labute approximate surface area is 196 Å². The van der Waals surface area contributed by atoms with E-state index in [2.05, 4.69) is 4.98 Å². The topological polar surface area (TPSA) is 85.2 Å². The minimum atomic E-state index is -4.20. The molecule has 0 saturated heterocycles. The second-order valence-corrected chi connectivity index (χ2v) is 8.85. The van der Waals surface area contributed by atoms with Gasteiger partial charge in [-0.3, -0.25) is 9.59 Å². The number of halogens is 4. The average molecular weight is 487 g/mol. The number of aromatic nitrogens is 1. The first-order valence-corrected chi connectivity index (χ1v) is 10.9. The van der Waals surface area contributed by atoms with Crippen molar-refractivity contribution in [3.05, 3.63) is 76.4 Å². The number of nitrogens with one attached hydrogen (secondary N) is 1. The molecule has 0 spiro atoms. The van der Waals surface area contributed by atoms with Gasteiger partial charge in [0.05, 0.1) is 11.5 Å². The lowest BCUT2D eigenvalue weighted by atomic mass is 10.0. The van der Waals surface area contributed by atoms with Gasteiger partial charge in [-0.1, -0.05) is 29.8 Å². The number of ketones is 1. The van der Waals surface area contributed by atoms with Crippen molar-refractivity contribution in [1.29, 1.82) is 0 Å². The molecule has 0 aliphatic heterocycles. The Balaban J connectivity index is 1.36. The highest BCUT2D eigenvalue weighted by Crippen LogP contribution is 2.56. The summed E-state index contributed by atoms with van der Waals surface area (Å²) in [6, 6.07) is 13.3. The van der Waals surface area contributed by atoms with Gasteiger partial charge in [-0.25, -0.2) is 0 Å². The number of fused-ring (bicyclic) bond motifs is 2. The van der Waals surface area contributed by atoms with Crippen LogP contribution in [0.5, 0.6) is 5.75 Å². The van der Waals surface area contributed by atoms with Gasteiger partial charge in [-0.2, -0.15) is 13.2 Å². The van der Waals surface area contributed by atoms with Gasteiger partial charge in [0.1, 0.15) is 5.75 Å². The molecule has 1 aliphatic rings. The van der Waals surface area contributed by atoms with Crippen LogP contribution in [0.15, 0.2) is 54.7 Å². The molecule has 9 heteroatoms. The molecule has 3 aromatic carbocycles. The summed E-state index contributed by atoms with van der Waals surface area (Å²) in [4.78, 5) is 27.8. The molecular formula is C25H18ClF3N2O3. The number of Topliss-reactive ketones (excluding diaryl/α,β-unsaturated/α-hetero) is 1. The molecule has 3 N–H and O–H groups in total. The molecule has 4 aromatic rings. The first kappa shape index (κ1) is 22.3. The van der Waals surface area contributed by atoms with Crippen molar-refractivity contribution in [3.8, 4) is 5.75 Å². The minimum absolute atomic E-state index is 0.0789. The van der Waals surface area contributed by atoms with E-state index in [4.69, 9.17) is 22.1 Å². The first-order valence-electron chi connectivity index (χ1n) is 10.5. The lowest BCUT2D eigenvalue weighted by Gasteiger charge is -2.11. The van der Waals surface area contributed by atoms with Gasteiger partial charge in [0, 0.05) is 27.7 Å². The fourth-order valence-electron chi connectivity index (χ4n) is 4.31. The number of H-pyrrole nitrogens is 1. The molecule has 1 amide bonds. The van der Waals surface area contributed by atoms with Gasteiger partial charge >= 0.3 is 6.18 Å². The fourth-order valence-corrected chi connectivity index (χ4v) is 4.49. The highest BCUT2D eigenvalue weighted by Gasteiger charge is 2.56. The van der Waals surface area contributed by atoms with E-state index in [1.807, 2.05) is 0 Å². The van der Waals surface area contributed by atoms with Crippen LogP contribution >= 0.6 is 11.6 Å². The summed E-state index contributed by atoms with van der Waals surface area (Å²) in [5, 5.41) is 2.55. The van der Waals surface area contributed by atoms with Crippen LogP contribution in [-0.2, 0) is 0 Å². The summed E-state index contributed by atoms with van der Waals surface area (Å²) < 4.78 is 44.4. The highest BCUT2D eigenvalue weighted by atomic mass is 35.5. The van der Waals surface area contributed by atoms with Crippen molar-refractivity contribution in [3.63, 3.8) is 0 Å². The zero-order chi connectivity index (χ0) is 24.2. The van der Waals surface area contributed by atoms with E-state index in [1.54, 1.807) is 48.5 Å². The predicted octanol–water partition coefficient (Wildman–Crippen LogP) is 6.00. The number of benzene rings is 3. The van der Waals surface area contributed by atoms with Crippen molar-refractivity contribution in [2.45, 2.75) is 18.5 Å². The maximum atomic E-state index is 12.9. The number of carbonyl (C=O) groups excluding carboxylic acids is 2. The Morgan fingerprint density at radius 3 is 2.56 bits per heavy atom. The van der Waals surface area contributed by atoms with E-state index in [-0.39, 0.29) is 30.1 Å². The number of alkyl halides is 3. The molecule has 5 rings (SSSR count). The second-order valence-electron chi connectivity index (χ2n) is 8.41. The van der Waals surface area contributed by atoms with Gasteiger partial charge in [-0.15, -0.1) is 0 Å². The lowest BCUT2D eigenvalue weighted by molar-refractivity contribution is -0.148. The van der Waals surface area contributed by atoms with Gasteiger partial charge in [0.25, 0.3) is 5.91 Å². The number of rotatable bonds is 6. The summed E-state index contributed by atoms with van der Waals surface area (Å²) in [6.07, 6.45) is -2.62. The highest BCUT2D eigenvalue weighted by molar-refractivity contribution is 6.31. The van der Waals surface area contributed by atoms with Crippen molar-refractivity contribution < 1.29 is 27.5 Å². The standard InChI is InChI=1S/C25H18ClF3N2O3/c26-15-3-1-12-8-23(18(24(30)33)6-14(12)5-15)34-11-22(32)19-10-31-21-7-13(2-4-16(19)21)17-9-20(17)25(27,28)29/h1-8,10,17,20,31H,9,11H2,(H2,30,33)/t17-,20+/m0/s1. The summed E-state index contributed by atoms with van der Waals surface area (Å²) in [5.74, 6) is -2.76. The van der Waals surface area contributed by atoms with Gasteiger partial charge < -0.3 is 15.5 Å². The number of nitrogens with two attached hydrogens (primary N) is 1. The quantitative estimate of drug-likeness (QED) is 0.328. The smallest absolute Gasteiger partial charge is 0.392 e. The molecular weight excluding hydrogens is 469 g/mol. The molecule has 174 valence electrons. The largest absolute Gasteiger partial charge is 0.485 e. The Morgan fingerprint density at radius 2 is 1.85 bits per heavy atom. The maximum Gasteiger partial charge on any atom is 0.392 e. The third-order valence-electron chi connectivity index (χ3n) is 6.17. The third kappa shape index (κ3) is 4.09. The van der Waals surface area contributed by atoms with Gasteiger partial charge in [0.15, 0.2) is 6.61 Å². The summed E-state index contributed by atoms with van der Waals surface area (Å²) in [5.41, 5.74) is 7.12. The van der Waals surface area contributed by atoms with Crippen molar-refractivity contribution in [1.82, 2.24) is 4.98 Å². The second kappa shape index (κ2) is 8.06. The van der Waals surface area contributed by atoms with Crippen molar-refractivity contribution in [2.75, 3.05) is 6.61 Å². The molecule has 0 bridgehead atoms. The van der Waals surface area contributed by atoms with Crippen molar-refractivity contribution >= 4 is 45.0 Å². The van der Waals surface area contributed by atoms with Crippen LogP contribution in [0.2, 0.25) is 5.02 Å². The van der Waals surface area contributed by atoms with E-state index < -0.39 is 23.9 Å². The number of aromatic amines is 1. The molecule has 1 aromatic heterocycles. The normalized spacial score (nSPS) is 17.8. The molecule has 0 unspecified atom stereocenters. The third-order valence-corrected chi connectivity index (χ3v) is 6.41. The molecule has 5 nitrogen and oxygen atoms in total. The Bertz CT molecular complexity index is 1460. The number of hydrogen-bond acceptors (Lipinski definition) is 3.